The maximum Gasteiger partial charge on any atom is 0.109 e. The van der Waals surface area contributed by atoms with E-state index < -0.39 is 24.4 Å². The van der Waals surface area contributed by atoms with Crippen LogP contribution in [0.25, 0.3) is 0 Å². The summed E-state index contributed by atoms with van der Waals surface area (Å²) in [4.78, 5) is 1.79. The largest absolute Gasteiger partial charge is 0.395 e. The number of hydrogen-bond donors (Lipinski definition) is 4. The van der Waals surface area contributed by atoms with Crippen molar-refractivity contribution in [3.63, 3.8) is 0 Å². The van der Waals surface area contributed by atoms with Crippen LogP contribution in [0.2, 0.25) is 0 Å². The summed E-state index contributed by atoms with van der Waals surface area (Å²) in [6, 6.07) is -0.377. The standard InChI is InChI=1S/C9H19NO4.10W/c1-5(2)10-3-7(12)9(14)8(13)6(10)4-11;;;;;;;;;;/h5-9,11-14H,3-4H2,1-2H3;;;;;;;;;;. The molecule has 144 valence electrons. The van der Waals surface area contributed by atoms with E-state index >= 15 is 0 Å². The Morgan fingerprint density at radius 2 is 1.08 bits per heavy atom. The van der Waals surface area contributed by atoms with Gasteiger partial charge in [0.2, 0.25) is 0 Å². The van der Waals surface area contributed by atoms with Crippen molar-refractivity contribution in [1.82, 2.24) is 4.90 Å². The SMILES string of the molecule is CC(C)N1CC(O)C(O)C(O)C1CO.[W].[W].[W].[W].[W].[W].[W].[W].[W].[W]. The molecule has 0 aromatic carbocycles. The Morgan fingerprint density at radius 3 is 1.33 bits per heavy atom. The molecule has 4 unspecified atom stereocenters. The number of β-amino-alcohol motifs (C(OH)–C–C–N with tert-alkyl or cyclic N) is 1. The Morgan fingerprint density at radius 1 is 0.750 bits per heavy atom. The van der Waals surface area contributed by atoms with Gasteiger partial charge < -0.3 is 20.4 Å². The zero-order chi connectivity index (χ0) is 10.9. The minimum absolute atomic E-state index is 0. The Balaban J connectivity index is -0.0000000245. The van der Waals surface area contributed by atoms with Gasteiger partial charge in [0.25, 0.3) is 0 Å². The van der Waals surface area contributed by atoms with Crippen molar-refractivity contribution in [3.8, 4) is 0 Å². The van der Waals surface area contributed by atoms with E-state index in [1.807, 2.05) is 13.8 Å². The Labute approximate surface area is 287 Å². The number of aliphatic hydroxyl groups excluding tert-OH is 4. The van der Waals surface area contributed by atoms with Gasteiger partial charge in [-0.3, -0.25) is 4.90 Å². The number of hydrogen-bond acceptors (Lipinski definition) is 5. The molecule has 0 bridgehead atoms. The zero-order valence-electron chi connectivity index (χ0n) is 12.6. The van der Waals surface area contributed by atoms with Crippen molar-refractivity contribution >= 4 is 0 Å². The first-order valence-electron chi connectivity index (χ1n) is 4.89. The molecular weight excluding hydrogens is 2020 g/mol. The monoisotopic (exact) mass is 2040 g/mol. The van der Waals surface area contributed by atoms with Crippen LogP contribution in [0.5, 0.6) is 0 Å². The summed E-state index contributed by atoms with van der Waals surface area (Å²) in [6.07, 6.45) is -3.21. The third-order valence-electron chi connectivity index (χ3n) is 2.81. The van der Waals surface area contributed by atoms with Gasteiger partial charge in [0.05, 0.1) is 18.8 Å². The fourth-order valence-electron chi connectivity index (χ4n) is 1.92. The average Bonchev–Trinajstić information content (AvgIpc) is 2.13. The van der Waals surface area contributed by atoms with Crippen LogP contribution in [0.1, 0.15) is 13.8 Å². The predicted molar refractivity (Wildman–Crippen MR) is 50.7 cm³/mol. The van der Waals surface area contributed by atoms with Gasteiger partial charge in [0.1, 0.15) is 12.2 Å². The molecule has 0 saturated carbocycles. The summed E-state index contributed by atoms with van der Waals surface area (Å²) in [5, 5.41) is 37.6. The van der Waals surface area contributed by atoms with Crippen molar-refractivity contribution < 1.29 is 231 Å². The molecule has 0 aromatic heterocycles. The number of likely N-dealkylation sites (tertiary alicyclic amines) is 1. The molecule has 1 fully saturated rings. The smallest absolute Gasteiger partial charge is 0.109 e. The molecule has 4 N–H and O–H groups in total. The Kier molecular flexibility index (Phi) is 90.3. The maximum atomic E-state index is 9.62. The molecule has 1 aliphatic rings. The predicted octanol–water partition coefficient (Wildman–Crippen LogP) is -1.87. The van der Waals surface area contributed by atoms with Crippen LogP contribution < -0.4 is 0 Å². The van der Waals surface area contributed by atoms with Crippen LogP contribution in [0.3, 0.4) is 0 Å². The quantitative estimate of drug-likeness (QED) is 0.261. The van der Waals surface area contributed by atoms with Crippen LogP contribution in [0, 0.1) is 0 Å². The van der Waals surface area contributed by atoms with Gasteiger partial charge in [0, 0.05) is 223 Å². The fraction of sp³-hybridized carbons (Fsp3) is 1.00. The molecule has 24 heavy (non-hydrogen) atoms. The van der Waals surface area contributed by atoms with E-state index in [9.17, 15) is 15.3 Å². The minimum Gasteiger partial charge on any atom is -0.395 e. The third kappa shape index (κ3) is 20.6. The second-order valence-electron chi connectivity index (χ2n) is 4.09. The first kappa shape index (κ1) is 63.2. The van der Waals surface area contributed by atoms with Crippen LogP contribution >= 0.6 is 0 Å². The van der Waals surface area contributed by atoms with E-state index in [0.29, 0.717) is 0 Å². The van der Waals surface area contributed by atoms with Gasteiger partial charge in [-0.15, -0.1) is 0 Å². The molecule has 1 heterocycles. The van der Waals surface area contributed by atoms with Gasteiger partial charge in [-0.05, 0) is 13.8 Å². The maximum absolute atomic E-state index is 9.62. The van der Waals surface area contributed by atoms with E-state index in [-0.39, 0.29) is 230 Å². The molecule has 1 aliphatic heterocycles. The summed E-state index contributed by atoms with van der Waals surface area (Å²) >= 11 is 0. The average molecular weight is 2040 g/mol. The van der Waals surface area contributed by atoms with E-state index in [1.165, 1.54) is 0 Å². The van der Waals surface area contributed by atoms with Crippen molar-refractivity contribution in [1.29, 1.82) is 0 Å². The third-order valence-corrected chi connectivity index (χ3v) is 2.81. The van der Waals surface area contributed by atoms with Crippen LogP contribution in [0.4, 0.5) is 0 Å². The molecule has 1 rings (SSSR count). The van der Waals surface area contributed by atoms with Gasteiger partial charge in [-0.2, -0.15) is 0 Å². The normalized spacial score (nSPS) is 23.6. The van der Waals surface area contributed by atoms with Crippen molar-refractivity contribution in [2.75, 3.05) is 13.2 Å². The van der Waals surface area contributed by atoms with Crippen LogP contribution in [-0.2, 0) is 211 Å². The summed E-state index contributed by atoms with van der Waals surface area (Å²) in [6.45, 7) is 3.89. The molecule has 1 saturated heterocycles. The van der Waals surface area contributed by atoms with Crippen molar-refractivity contribution in [2.24, 2.45) is 0 Å². The van der Waals surface area contributed by atoms with Gasteiger partial charge in [-0.1, -0.05) is 0 Å². The van der Waals surface area contributed by atoms with Gasteiger partial charge in [-0.25, -0.2) is 0 Å². The first-order valence-corrected chi connectivity index (χ1v) is 4.89. The zero-order valence-corrected chi connectivity index (χ0v) is 42.0. The second kappa shape index (κ2) is 34.3. The molecule has 5 nitrogen and oxygen atoms in total. The van der Waals surface area contributed by atoms with Crippen molar-refractivity contribution in [2.45, 2.75) is 44.2 Å². The molecule has 15 heteroatoms. The summed E-state index contributed by atoms with van der Waals surface area (Å²) in [5.74, 6) is 0. The fourth-order valence-corrected chi connectivity index (χ4v) is 1.92. The molecule has 0 radical (unpaired) electrons. The number of rotatable bonds is 2. The van der Waals surface area contributed by atoms with E-state index in [2.05, 4.69) is 0 Å². The summed E-state index contributed by atoms with van der Waals surface area (Å²) < 4.78 is 0. The van der Waals surface area contributed by atoms with E-state index in [4.69, 9.17) is 5.11 Å². The summed E-state index contributed by atoms with van der Waals surface area (Å²) in [5.41, 5.74) is 0. The molecule has 0 aromatic rings. The number of piperidine rings is 1. The number of aliphatic hydroxyl groups is 4. The molecule has 0 amide bonds. The molecular formula is C9H19NO4W10. The summed E-state index contributed by atoms with van der Waals surface area (Å²) in [7, 11) is 0. The van der Waals surface area contributed by atoms with E-state index in [0.717, 1.165) is 0 Å². The Hall–Kier alpha value is 6.68. The van der Waals surface area contributed by atoms with Gasteiger partial charge >= 0.3 is 0 Å². The molecule has 0 spiro atoms. The molecule has 0 aliphatic carbocycles. The second-order valence-corrected chi connectivity index (χ2v) is 4.09. The van der Waals surface area contributed by atoms with E-state index in [1.54, 1.807) is 4.90 Å². The number of nitrogens with zero attached hydrogens (tertiary/aromatic N) is 1. The van der Waals surface area contributed by atoms with Crippen LogP contribution in [0.15, 0.2) is 0 Å². The van der Waals surface area contributed by atoms with Crippen molar-refractivity contribution in [3.05, 3.63) is 0 Å². The minimum atomic E-state index is -1.16. The Bertz CT molecular complexity index is 211. The molecule has 4 atom stereocenters. The first-order chi connectivity index (χ1) is 6.49. The van der Waals surface area contributed by atoms with Crippen LogP contribution in [-0.4, -0.2) is 68.9 Å². The van der Waals surface area contributed by atoms with Gasteiger partial charge in [0.15, 0.2) is 0 Å². The topological polar surface area (TPSA) is 84.2 Å².